The third-order valence-corrected chi connectivity index (χ3v) is 2.69. The summed E-state index contributed by atoms with van der Waals surface area (Å²) >= 11 is 0. The SMILES string of the molecule is CCc1nc2c(C)cccn2c1C(=O)NC. The molecule has 0 unspecified atom stereocenters. The van der Waals surface area contributed by atoms with E-state index in [-0.39, 0.29) is 5.91 Å². The van der Waals surface area contributed by atoms with Gasteiger partial charge >= 0.3 is 0 Å². The molecule has 2 heterocycles. The molecule has 2 aromatic heterocycles. The third kappa shape index (κ3) is 1.46. The zero-order chi connectivity index (χ0) is 11.7. The molecule has 16 heavy (non-hydrogen) atoms. The zero-order valence-corrected chi connectivity index (χ0v) is 9.74. The molecular formula is C12H15N3O. The van der Waals surface area contributed by atoms with Crippen LogP contribution >= 0.6 is 0 Å². The lowest BCUT2D eigenvalue weighted by molar-refractivity contribution is 0.0956. The van der Waals surface area contributed by atoms with Crippen LogP contribution in [0, 0.1) is 6.92 Å². The maximum Gasteiger partial charge on any atom is 0.269 e. The van der Waals surface area contributed by atoms with Crippen LogP contribution in [0.15, 0.2) is 18.3 Å². The molecule has 4 nitrogen and oxygen atoms in total. The van der Waals surface area contributed by atoms with Crippen LogP contribution < -0.4 is 5.32 Å². The minimum Gasteiger partial charge on any atom is -0.354 e. The van der Waals surface area contributed by atoms with Crippen LogP contribution in [-0.4, -0.2) is 22.3 Å². The number of fused-ring (bicyclic) bond motifs is 1. The van der Waals surface area contributed by atoms with E-state index in [0.29, 0.717) is 5.69 Å². The Balaban J connectivity index is 2.78. The van der Waals surface area contributed by atoms with Gasteiger partial charge in [-0.15, -0.1) is 0 Å². The van der Waals surface area contributed by atoms with Gasteiger partial charge in [-0.2, -0.15) is 0 Å². The molecule has 1 amide bonds. The number of carbonyl (C=O) groups excluding carboxylic acids is 1. The van der Waals surface area contributed by atoms with Crippen molar-refractivity contribution in [3.05, 3.63) is 35.3 Å². The number of aromatic nitrogens is 2. The van der Waals surface area contributed by atoms with Gasteiger partial charge in [0.15, 0.2) is 0 Å². The summed E-state index contributed by atoms with van der Waals surface area (Å²) in [7, 11) is 1.64. The Bertz CT molecular complexity index is 542. The minimum atomic E-state index is -0.0880. The van der Waals surface area contributed by atoms with Gasteiger partial charge in [0.05, 0.1) is 5.69 Å². The second-order valence-electron chi connectivity index (χ2n) is 3.72. The predicted molar refractivity (Wildman–Crippen MR) is 62.7 cm³/mol. The summed E-state index contributed by atoms with van der Waals surface area (Å²) in [5, 5.41) is 2.65. The lowest BCUT2D eigenvalue weighted by Gasteiger charge is -2.02. The van der Waals surface area contributed by atoms with E-state index in [1.54, 1.807) is 7.05 Å². The maximum atomic E-state index is 11.8. The average Bonchev–Trinajstić information content (AvgIpc) is 2.68. The van der Waals surface area contributed by atoms with Gasteiger partial charge < -0.3 is 5.32 Å². The van der Waals surface area contributed by atoms with Crippen molar-refractivity contribution in [2.24, 2.45) is 0 Å². The molecule has 0 atom stereocenters. The topological polar surface area (TPSA) is 46.4 Å². The molecule has 0 saturated heterocycles. The molecule has 84 valence electrons. The first-order chi connectivity index (χ1) is 7.69. The molecular weight excluding hydrogens is 202 g/mol. The highest BCUT2D eigenvalue weighted by Gasteiger charge is 2.17. The van der Waals surface area contributed by atoms with Crippen LogP contribution in [0.4, 0.5) is 0 Å². The second-order valence-corrected chi connectivity index (χ2v) is 3.72. The van der Waals surface area contributed by atoms with E-state index in [9.17, 15) is 4.79 Å². The Morgan fingerprint density at radius 2 is 2.31 bits per heavy atom. The van der Waals surface area contributed by atoms with Gasteiger partial charge in [-0.25, -0.2) is 4.98 Å². The van der Waals surface area contributed by atoms with Crippen molar-refractivity contribution in [2.75, 3.05) is 7.05 Å². The largest absolute Gasteiger partial charge is 0.354 e. The smallest absolute Gasteiger partial charge is 0.269 e. The van der Waals surface area contributed by atoms with Crippen molar-refractivity contribution in [3.8, 4) is 0 Å². The highest BCUT2D eigenvalue weighted by atomic mass is 16.1. The van der Waals surface area contributed by atoms with Crippen LogP contribution in [0.3, 0.4) is 0 Å². The molecule has 0 spiro atoms. The fraction of sp³-hybridized carbons (Fsp3) is 0.333. The van der Waals surface area contributed by atoms with E-state index in [4.69, 9.17) is 0 Å². The van der Waals surface area contributed by atoms with Crippen molar-refractivity contribution in [2.45, 2.75) is 20.3 Å². The standard InChI is InChI=1S/C12H15N3O/c1-4-9-10(12(16)13-3)15-7-5-6-8(2)11(15)14-9/h5-7H,4H2,1-3H3,(H,13,16). The van der Waals surface area contributed by atoms with Crippen LogP contribution in [0.5, 0.6) is 0 Å². The lowest BCUT2D eigenvalue weighted by Crippen LogP contribution is -2.21. The molecule has 0 aliphatic carbocycles. The Hall–Kier alpha value is -1.84. The summed E-state index contributed by atoms with van der Waals surface area (Å²) in [6.07, 6.45) is 2.63. The lowest BCUT2D eigenvalue weighted by atomic mass is 10.2. The maximum absolute atomic E-state index is 11.8. The van der Waals surface area contributed by atoms with Crippen LogP contribution in [0.1, 0.15) is 28.7 Å². The summed E-state index contributed by atoms with van der Waals surface area (Å²) in [5.41, 5.74) is 3.42. The Kier molecular flexibility index (Phi) is 2.64. The normalized spacial score (nSPS) is 10.7. The van der Waals surface area contributed by atoms with Gasteiger partial charge in [-0.3, -0.25) is 9.20 Å². The summed E-state index contributed by atoms with van der Waals surface area (Å²) in [5.74, 6) is -0.0880. The zero-order valence-electron chi connectivity index (χ0n) is 9.74. The Morgan fingerprint density at radius 1 is 1.56 bits per heavy atom. The molecule has 2 rings (SSSR count). The van der Waals surface area contributed by atoms with Crippen molar-refractivity contribution in [1.29, 1.82) is 0 Å². The number of amides is 1. The van der Waals surface area contributed by atoms with Crippen molar-refractivity contribution in [1.82, 2.24) is 14.7 Å². The molecule has 4 heteroatoms. The molecule has 0 aliphatic heterocycles. The summed E-state index contributed by atoms with van der Waals surface area (Å²) in [6, 6.07) is 3.92. The van der Waals surface area contributed by atoms with Crippen LogP contribution in [-0.2, 0) is 6.42 Å². The molecule has 2 aromatic rings. The second kappa shape index (κ2) is 3.96. The summed E-state index contributed by atoms with van der Waals surface area (Å²) < 4.78 is 1.85. The third-order valence-electron chi connectivity index (χ3n) is 2.69. The van der Waals surface area contributed by atoms with E-state index < -0.39 is 0 Å². The molecule has 0 radical (unpaired) electrons. The number of carbonyl (C=O) groups is 1. The number of imidazole rings is 1. The molecule has 0 bridgehead atoms. The van der Waals surface area contributed by atoms with Gasteiger partial charge in [0.1, 0.15) is 11.3 Å². The summed E-state index contributed by atoms with van der Waals surface area (Å²) in [4.78, 5) is 16.3. The fourth-order valence-corrected chi connectivity index (χ4v) is 1.86. The first-order valence-electron chi connectivity index (χ1n) is 5.37. The summed E-state index contributed by atoms with van der Waals surface area (Å²) in [6.45, 7) is 4.00. The molecule has 0 aromatic carbocycles. The predicted octanol–water partition coefficient (Wildman–Crippen LogP) is 1.56. The van der Waals surface area contributed by atoms with Gasteiger partial charge in [-0.1, -0.05) is 13.0 Å². The number of hydrogen-bond acceptors (Lipinski definition) is 2. The van der Waals surface area contributed by atoms with E-state index in [1.165, 1.54) is 0 Å². The van der Waals surface area contributed by atoms with Crippen molar-refractivity contribution >= 4 is 11.6 Å². The minimum absolute atomic E-state index is 0.0880. The number of hydrogen-bond donors (Lipinski definition) is 1. The highest BCUT2D eigenvalue weighted by molar-refractivity contribution is 5.94. The van der Waals surface area contributed by atoms with Crippen molar-refractivity contribution in [3.63, 3.8) is 0 Å². The molecule has 0 fully saturated rings. The average molecular weight is 217 g/mol. The number of pyridine rings is 1. The number of rotatable bonds is 2. The first-order valence-corrected chi connectivity index (χ1v) is 5.37. The van der Waals surface area contributed by atoms with Gasteiger partial charge in [0.25, 0.3) is 5.91 Å². The number of nitrogens with zero attached hydrogens (tertiary/aromatic N) is 2. The van der Waals surface area contributed by atoms with Crippen molar-refractivity contribution < 1.29 is 4.79 Å². The van der Waals surface area contributed by atoms with E-state index in [1.807, 2.05) is 36.6 Å². The van der Waals surface area contributed by atoms with E-state index >= 15 is 0 Å². The number of nitrogens with one attached hydrogen (secondary N) is 1. The molecule has 1 N–H and O–H groups in total. The first kappa shape index (κ1) is 10.7. The Labute approximate surface area is 94.3 Å². The van der Waals surface area contributed by atoms with Gasteiger partial charge in [-0.05, 0) is 25.0 Å². The van der Waals surface area contributed by atoms with E-state index in [2.05, 4.69) is 10.3 Å². The van der Waals surface area contributed by atoms with Crippen LogP contribution in [0.2, 0.25) is 0 Å². The Morgan fingerprint density at radius 3 is 2.94 bits per heavy atom. The fourth-order valence-electron chi connectivity index (χ4n) is 1.86. The van der Waals surface area contributed by atoms with Crippen LogP contribution in [0.25, 0.3) is 5.65 Å². The highest BCUT2D eigenvalue weighted by Crippen LogP contribution is 2.16. The van der Waals surface area contributed by atoms with E-state index in [0.717, 1.165) is 23.3 Å². The van der Waals surface area contributed by atoms with Gasteiger partial charge in [0.2, 0.25) is 0 Å². The quantitative estimate of drug-likeness (QED) is 0.829. The monoisotopic (exact) mass is 217 g/mol. The number of aryl methyl sites for hydroxylation is 2. The molecule has 0 saturated carbocycles. The van der Waals surface area contributed by atoms with Gasteiger partial charge in [0, 0.05) is 13.2 Å². The molecule has 0 aliphatic rings.